The molecule has 3 aromatic carbocycles. The second kappa shape index (κ2) is 7.62. The smallest absolute Gasteiger partial charge is 0.338 e. The lowest BCUT2D eigenvalue weighted by atomic mass is 9.88. The molecule has 0 saturated carbocycles. The van der Waals surface area contributed by atoms with Crippen LogP contribution in [-0.4, -0.2) is 18.5 Å². The Morgan fingerprint density at radius 3 is 2.63 bits per heavy atom. The Morgan fingerprint density at radius 2 is 1.74 bits per heavy atom. The molecule has 0 saturated heterocycles. The SMILES string of the molecule is O=C(COC(=O)c1ccc2ccccc2c1)NC1CCCc2ccccc21. The molecule has 0 heterocycles. The standard InChI is InChI=1S/C23H21NO3/c25-22(24-21-11-5-9-17-7-3-4-10-20(17)21)15-27-23(26)19-13-12-16-6-1-2-8-18(16)14-19/h1-4,6-8,10,12-14,21H,5,9,11,15H2,(H,24,25). The van der Waals surface area contributed by atoms with Gasteiger partial charge in [-0.1, -0.05) is 54.6 Å². The fourth-order valence-electron chi connectivity index (χ4n) is 3.67. The molecule has 3 aromatic rings. The van der Waals surface area contributed by atoms with Crippen LogP contribution in [0.2, 0.25) is 0 Å². The van der Waals surface area contributed by atoms with Crippen molar-refractivity contribution in [1.82, 2.24) is 5.32 Å². The second-order valence-corrected chi connectivity index (χ2v) is 6.85. The first-order chi connectivity index (χ1) is 13.2. The van der Waals surface area contributed by atoms with Crippen LogP contribution in [0.15, 0.2) is 66.7 Å². The summed E-state index contributed by atoms with van der Waals surface area (Å²) >= 11 is 0. The van der Waals surface area contributed by atoms with E-state index in [1.54, 1.807) is 12.1 Å². The molecule has 0 spiro atoms. The quantitative estimate of drug-likeness (QED) is 0.711. The molecule has 0 fully saturated rings. The first kappa shape index (κ1) is 17.3. The topological polar surface area (TPSA) is 55.4 Å². The van der Waals surface area contributed by atoms with E-state index in [0.29, 0.717) is 5.56 Å². The summed E-state index contributed by atoms with van der Waals surface area (Å²) in [5.41, 5.74) is 2.89. The second-order valence-electron chi connectivity index (χ2n) is 6.85. The van der Waals surface area contributed by atoms with Crippen LogP contribution in [0.25, 0.3) is 10.8 Å². The molecule has 0 aromatic heterocycles. The summed E-state index contributed by atoms with van der Waals surface area (Å²) < 4.78 is 5.22. The van der Waals surface area contributed by atoms with E-state index in [0.717, 1.165) is 35.6 Å². The largest absolute Gasteiger partial charge is 0.452 e. The molecule has 1 amide bonds. The summed E-state index contributed by atoms with van der Waals surface area (Å²) in [4.78, 5) is 24.6. The van der Waals surface area contributed by atoms with Gasteiger partial charge in [-0.3, -0.25) is 4.79 Å². The van der Waals surface area contributed by atoms with Crippen LogP contribution in [0.1, 0.15) is 40.4 Å². The summed E-state index contributed by atoms with van der Waals surface area (Å²) in [7, 11) is 0. The summed E-state index contributed by atoms with van der Waals surface area (Å²) in [6.45, 7) is -0.273. The Hall–Kier alpha value is -3.14. The molecule has 136 valence electrons. The number of ether oxygens (including phenoxy) is 1. The highest BCUT2D eigenvalue weighted by atomic mass is 16.5. The summed E-state index contributed by atoms with van der Waals surface area (Å²) in [6, 6.07) is 21.4. The van der Waals surface area contributed by atoms with Crippen molar-refractivity contribution in [2.24, 2.45) is 0 Å². The number of benzene rings is 3. The molecule has 1 atom stereocenters. The molecule has 27 heavy (non-hydrogen) atoms. The molecular weight excluding hydrogens is 338 g/mol. The Bertz CT molecular complexity index is 996. The van der Waals surface area contributed by atoms with E-state index >= 15 is 0 Å². The minimum absolute atomic E-state index is 0.0122. The van der Waals surface area contributed by atoms with E-state index in [1.165, 1.54) is 5.56 Å². The van der Waals surface area contributed by atoms with Crippen molar-refractivity contribution in [3.05, 3.63) is 83.4 Å². The van der Waals surface area contributed by atoms with Gasteiger partial charge in [-0.05, 0) is 53.3 Å². The molecule has 4 nitrogen and oxygen atoms in total. The first-order valence-electron chi connectivity index (χ1n) is 9.24. The maximum Gasteiger partial charge on any atom is 0.338 e. The van der Waals surface area contributed by atoms with Gasteiger partial charge in [-0.2, -0.15) is 0 Å². The number of esters is 1. The molecule has 1 aliphatic rings. The van der Waals surface area contributed by atoms with E-state index in [9.17, 15) is 9.59 Å². The minimum Gasteiger partial charge on any atom is -0.452 e. The van der Waals surface area contributed by atoms with Gasteiger partial charge < -0.3 is 10.1 Å². The van der Waals surface area contributed by atoms with Crippen LogP contribution >= 0.6 is 0 Å². The average Bonchev–Trinajstić information content (AvgIpc) is 2.72. The molecular formula is C23H21NO3. The van der Waals surface area contributed by atoms with E-state index in [2.05, 4.69) is 17.4 Å². The van der Waals surface area contributed by atoms with Crippen molar-refractivity contribution < 1.29 is 14.3 Å². The van der Waals surface area contributed by atoms with Crippen molar-refractivity contribution in [2.45, 2.75) is 25.3 Å². The number of carbonyl (C=O) groups excluding carboxylic acids is 2. The van der Waals surface area contributed by atoms with Gasteiger partial charge in [0.05, 0.1) is 11.6 Å². The van der Waals surface area contributed by atoms with Crippen LogP contribution in [0.3, 0.4) is 0 Å². The van der Waals surface area contributed by atoms with E-state index in [4.69, 9.17) is 4.74 Å². The molecule has 1 N–H and O–H groups in total. The minimum atomic E-state index is -0.486. The van der Waals surface area contributed by atoms with E-state index < -0.39 is 5.97 Å². The lowest BCUT2D eigenvalue weighted by molar-refractivity contribution is -0.125. The Labute approximate surface area is 158 Å². The lowest BCUT2D eigenvalue weighted by Gasteiger charge is -2.26. The molecule has 0 radical (unpaired) electrons. The third-order valence-corrected chi connectivity index (χ3v) is 5.02. The van der Waals surface area contributed by atoms with E-state index in [-0.39, 0.29) is 18.6 Å². The molecule has 1 aliphatic carbocycles. The van der Waals surface area contributed by atoms with Crippen LogP contribution in [-0.2, 0) is 16.0 Å². The van der Waals surface area contributed by atoms with Gasteiger partial charge >= 0.3 is 5.97 Å². The van der Waals surface area contributed by atoms with E-state index in [1.807, 2.05) is 42.5 Å². The number of amides is 1. The fraction of sp³-hybridized carbons (Fsp3) is 0.217. The van der Waals surface area contributed by atoms with Gasteiger partial charge in [0, 0.05) is 0 Å². The van der Waals surface area contributed by atoms with Crippen molar-refractivity contribution in [2.75, 3.05) is 6.61 Å². The average molecular weight is 359 g/mol. The maximum absolute atomic E-state index is 12.3. The predicted molar refractivity (Wildman–Crippen MR) is 104 cm³/mol. The van der Waals surface area contributed by atoms with Crippen LogP contribution in [0.4, 0.5) is 0 Å². The number of nitrogens with one attached hydrogen (secondary N) is 1. The normalized spacial score (nSPS) is 15.8. The van der Waals surface area contributed by atoms with Gasteiger partial charge in [0.2, 0.25) is 0 Å². The molecule has 0 bridgehead atoms. The lowest BCUT2D eigenvalue weighted by Crippen LogP contribution is -2.34. The highest BCUT2D eigenvalue weighted by molar-refractivity contribution is 5.96. The van der Waals surface area contributed by atoms with Gasteiger partial charge in [-0.15, -0.1) is 0 Å². The Balaban J connectivity index is 1.37. The Morgan fingerprint density at radius 1 is 0.963 bits per heavy atom. The maximum atomic E-state index is 12.3. The van der Waals surface area contributed by atoms with Crippen LogP contribution in [0.5, 0.6) is 0 Å². The van der Waals surface area contributed by atoms with Crippen LogP contribution < -0.4 is 5.32 Å². The zero-order valence-electron chi connectivity index (χ0n) is 15.0. The Kier molecular flexibility index (Phi) is 4.88. The summed E-state index contributed by atoms with van der Waals surface area (Å²) in [5.74, 6) is -0.759. The van der Waals surface area contributed by atoms with Crippen molar-refractivity contribution in [3.63, 3.8) is 0 Å². The van der Waals surface area contributed by atoms with Crippen molar-refractivity contribution in [3.8, 4) is 0 Å². The fourth-order valence-corrected chi connectivity index (χ4v) is 3.67. The number of rotatable bonds is 4. The number of fused-ring (bicyclic) bond motifs is 2. The highest BCUT2D eigenvalue weighted by Gasteiger charge is 2.22. The molecule has 1 unspecified atom stereocenters. The summed E-state index contributed by atoms with van der Waals surface area (Å²) in [6.07, 6.45) is 2.99. The van der Waals surface area contributed by atoms with Gasteiger partial charge in [0.15, 0.2) is 6.61 Å². The van der Waals surface area contributed by atoms with Gasteiger partial charge in [0.25, 0.3) is 5.91 Å². The molecule has 4 heteroatoms. The number of carbonyl (C=O) groups is 2. The van der Waals surface area contributed by atoms with Gasteiger partial charge in [-0.25, -0.2) is 4.79 Å². The molecule has 0 aliphatic heterocycles. The molecule has 4 rings (SSSR count). The third kappa shape index (κ3) is 3.85. The highest BCUT2D eigenvalue weighted by Crippen LogP contribution is 2.29. The third-order valence-electron chi connectivity index (χ3n) is 5.02. The van der Waals surface area contributed by atoms with Crippen molar-refractivity contribution >= 4 is 22.6 Å². The number of hydrogen-bond donors (Lipinski definition) is 1. The number of hydrogen-bond acceptors (Lipinski definition) is 3. The predicted octanol–water partition coefficient (Wildman–Crippen LogP) is 4.19. The monoisotopic (exact) mass is 359 g/mol. The zero-order chi connectivity index (χ0) is 18.6. The van der Waals surface area contributed by atoms with Crippen molar-refractivity contribution in [1.29, 1.82) is 0 Å². The van der Waals surface area contributed by atoms with Crippen LogP contribution in [0, 0.1) is 0 Å². The summed E-state index contributed by atoms with van der Waals surface area (Å²) in [5, 5.41) is 5.02. The number of aryl methyl sites for hydroxylation is 1. The first-order valence-corrected chi connectivity index (χ1v) is 9.24. The van der Waals surface area contributed by atoms with Gasteiger partial charge in [0.1, 0.15) is 0 Å². The zero-order valence-corrected chi connectivity index (χ0v) is 15.0.